The van der Waals surface area contributed by atoms with Crippen molar-refractivity contribution in [1.82, 2.24) is 9.97 Å². The molecule has 5 rings (SSSR count). The van der Waals surface area contributed by atoms with Gasteiger partial charge in [0.25, 0.3) is 5.97 Å². The fourth-order valence-corrected chi connectivity index (χ4v) is 3.94. The number of carboxylic acids is 1. The molecule has 4 nitrogen and oxygen atoms in total. The van der Waals surface area contributed by atoms with Crippen molar-refractivity contribution in [3.63, 3.8) is 0 Å². The van der Waals surface area contributed by atoms with Gasteiger partial charge in [-0.1, -0.05) is 72.8 Å². The molecule has 0 amide bonds. The summed E-state index contributed by atoms with van der Waals surface area (Å²) in [5, 5.41) is 9.70. The van der Waals surface area contributed by atoms with E-state index >= 15 is 0 Å². The Morgan fingerprint density at radius 3 is 1.32 bits per heavy atom. The van der Waals surface area contributed by atoms with E-state index < -0.39 is 5.97 Å². The van der Waals surface area contributed by atoms with Gasteiger partial charge in [-0.15, -0.1) is 0 Å². The van der Waals surface area contributed by atoms with Crippen LogP contribution >= 0.6 is 0 Å². The molecule has 0 spiro atoms. The van der Waals surface area contributed by atoms with Crippen molar-refractivity contribution < 1.29 is 30.3 Å². The van der Waals surface area contributed by atoms with Crippen LogP contribution < -0.4 is 0 Å². The number of hydrogen-bond donors (Lipinski definition) is 1. The number of aliphatic carboxylic acids is 1. The Bertz CT molecular complexity index is 1310. The van der Waals surface area contributed by atoms with Crippen molar-refractivity contribution in [3.8, 4) is 22.3 Å². The summed E-state index contributed by atoms with van der Waals surface area (Å²) in [6.07, 6.45) is 0. The first-order valence-corrected chi connectivity index (χ1v) is 10.5. The van der Waals surface area contributed by atoms with Gasteiger partial charge in [-0.3, -0.25) is 14.8 Å². The van der Waals surface area contributed by atoms with E-state index in [4.69, 9.17) is 19.9 Å². The second kappa shape index (κ2) is 11.7. The summed E-state index contributed by atoms with van der Waals surface area (Å²) in [5.41, 5.74) is 8.76. The van der Waals surface area contributed by atoms with Crippen LogP contribution in [0.5, 0.6) is 0 Å². The summed E-state index contributed by atoms with van der Waals surface area (Å²) in [6, 6.07) is 29.7. The van der Waals surface area contributed by atoms with Crippen LogP contribution in [0.1, 0.15) is 18.3 Å². The summed E-state index contributed by atoms with van der Waals surface area (Å²) >= 11 is 0. The fraction of sp³-hybridized carbons (Fsp3) is 0.103. The second-order valence-electron chi connectivity index (χ2n) is 7.73. The van der Waals surface area contributed by atoms with Crippen molar-refractivity contribution in [2.75, 3.05) is 0 Å². The first-order valence-electron chi connectivity index (χ1n) is 10.5. The first kappa shape index (κ1) is 26.9. The molecule has 0 radical (unpaired) electrons. The number of carbonyl (C=O) groups is 1. The first-order chi connectivity index (χ1) is 15.4. The summed E-state index contributed by atoms with van der Waals surface area (Å²) in [5.74, 6) is -0.833. The molecule has 0 unspecified atom stereocenters. The van der Waals surface area contributed by atoms with Crippen LogP contribution in [0.4, 0.5) is 0 Å². The molecular formula is C29H27N2O2Pd-. The van der Waals surface area contributed by atoms with Crippen molar-refractivity contribution in [1.29, 1.82) is 0 Å². The summed E-state index contributed by atoms with van der Waals surface area (Å²) < 4.78 is 0. The van der Waals surface area contributed by atoms with Crippen LogP contribution in [0.3, 0.4) is 0 Å². The molecule has 0 saturated carbocycles. The van der Waals surface area contributed by atoms with Gasteiger partial charge in [-0.2, -0.15) is 0 Å². The monoisotopic (exact) mass is 541 g/mol. The minimum atomic E-state index is -0.833. The number of aryl methyl sites for hydroxylation is 2. The Balaban J connectivity index is 0.000000634. The Morgan fingerprint density at radius 1 is 0.676 bits per heavy atom. The van der Waals surface area contributed by atoms with Crippen molar-refractivity contribution in [3.05, 3.63) is 104 Å². The zero-order valence-corrected chi connectivity index (χ0v) is 21.2. The molecule has 34 heavy (non-hydrogen) atoms. The topological polar surface area (TPSA) is 63.1 Å². The van der Waals surface area contributed by atoms with Gasteiger partial charge in [0.1, 0.15) is 0 Å². The number of rotatable bonds is 2. The molecule has 0 aliphatic rings. The molecule has 0 aliphatic carbocycles. The maximum Gasteiger partial charge on any atom is 0.300 e. The van der Waals surface area contributed by atoms with Gasteiger partial charge in [-0.25, -0.2) is 0 Å². The third-order valence-corrected chi connectivity index (χ3v) is 5.18. The fourth-order valence-electron chi connectivity index (χ4n) is 3.94. The van der Waals surface area contributed by atoms with Gasteiger partial charge < -0.3 is 12.5 Å². The van der Waals surface area contributed by atoms with Crippen molar-refractivity contribution >= 4 is 27.8 Å². The normalized spacial score (nSPS) is 9.97. The molecule has 176 valence electrons. The largest absolute Gasteiger partial charge is 0.481 e. The molecule has 0 fully saturated rings. The van der Waals surface area contributed by atoms with Crippen LogP contribution in [-0.2, 0) is 25.2 Å². The molecule has 0 bridgehead atoms. The maximum atomic E-state index is 9.00. The minimum Gasteiger partial charge on any atom is -0.481 e. The van der Waals surface area contributed by atoms with Crippen LogP contribution in [0.2, 0.25) is 0 Å². The molecule has 0 saturated heterocycles. The van der Waals surface area contributed by atoms with E-state index in [1.807, 2.05) is 12.1 Å². The summed E-state index contributed by atoms with van der Waals surface area (Å²) in [6.45, 7) is 5.19. The maximum absolute atomic E-state index is 9.00. The van der Waals surface area contributed by atoms with E-state index in [0.717, 1.165) is 40.1 Å². The number of benzene rings is 3. The van der Waals surface area contributed by atoms with Crippen LogP contribution in [0.15, 0.2) is 84.9 Å². The summed E-state index contributed by atoms with van der Waals surface area (Å²) in [7, 11) is 0. The standard InChI is InChI=1S/C26H20N2.C2H4O2.CH3.Pd/c1-17-15-23(19-9-5-3-6-10-19)21-13-14-22-24(20-11-7-4-8-12-20)16-18(2)28-26(22)25(21)27-17;1-2(3)4;;/h3-16H,1-2H3;1H3,(H,3,4);1H3;/q;;-1;. The molecule has 0 atom stereocenters. The molecule has 2 aromatic heterocycles. The number of aromatic nitrogens is 2. The zero-order valence-electron chi connectivity index (χ0n) is 19.6. The van der Waals surface area contributed by atoms with E-state index in [-0.39, 0.29) is 27.8 Å². The van der Waals surface area contributed by atoms with E-state index in [1.165, 1.54) is 22.3 Å². The third-order valence-electron chi connectivity index (χ3n) is 5.18. The van der Waals surface area contributed by atoms with E-state index in [0.29, 0.717) is 0 Å². The Kier molecular flexibility index (Phi) is 9.21. The van der Waals surface area contributed by atoms with Crippen LogP contribution in [0.25, 0.3) is 44.1 Å². The average molecular weight is 542 g/mol. The van der Waals surface area contributed by atoms with Gasteiger partial charge in [-0.05, 0) is 48.2 Å². The Labute approximate surface area is 214 Å². The van der Waals surface area contributed by atoms with E-state index in [2.05, 4.69) is 86.6 Å². The predicted octanol–water partition coefficient (Wildman–Crippen LogP) is 7.27. The summed E-state index contributed by atoms with van der Waals surface area (Å²) in [4.78, 5) is 18.8. The number of hydrogen-bond acceptors (Lipinski definition) is 3. The van der Waals surface area contributed by atoms with Crippen molar-refractivity contribution in [2.24, 2.45) is 0 Å². The number of nitrogens with zero attached hydrogens (tertiary/aromatic N) is 2. The minimum absolute atomic E-state index is 0. The Hall–Kier alpha value is -3.39. The van der Waals surface area contributed by atoms with Crippen LogP contribution in [-0.4, -0.2) is 21.0 Å². The smallest absolute Gasteiger partial charge is 0.300 e. The van der Waals surface area contributed by atoms with Crippen LogP contribution in [0, 0.1) is 21.3 Å². The number of pyridine rings is 2. The van der Waals surface area contributed by atoms with E-state index in [9.17, 15) is 0 Å². The van der Waals surface area contributed by atoms with Gasteiger partial charge in [0.2, 0.25) is 0 Å². The van der Waals surface area contributed by atoms with Gasteiger partial charge in [0.15, 0.2) is 0 Å². The van der Waals surface area contributed by atoms with Gasteiger partial charge in [0.05, 0.1) is 11.0 Å². The molecule has 5 heteroatoms. The second-order valence-corrected chi connectivity index (χ2v) is 7.73. The molecule has 5 aromatic rings. The van der Waals surface area contributed by atoms with Gasteiger partial charge >= 0.3 is 0 Å². The molecule has 2 heterocycles. The third kappa shape index (κ3) is 5.75. The van der Waals surface area contributed by atoms with E-state index in [1.54, 1.807) is 0 Å². The Morgan fingerprint density at radius 2 is 1.00 bits per heavy atom. The van der Waals surface area contributed by atoms with Gasteiger partial charge in [0, 0.05) is 49.5 Å². The molecule has 0 aliphatic heterocycles. The van der Waals surface area contributed by atoms with Crippen molar-refractivity contribution in [2.45, 2.75) is 20.8 Å². The molecular weight excluding hydrogens is 515 g/mol. The quantitative estimate of drug-likeness (QED) is 0.145. The molecule has 1 N–H and O–H groups in total. The average Bonchev–Trinajstić information content (AvgIpc) is 2.79. The number of fused-ring (bicyclic) bond motifs is 3. The molecule has 3 aromatic carbocycles. The predicted molar refractivity (Wildman–Crippen MR) is 137 cm³/mol. The number of carboxylic acid groups (broad SMARTS) is 1. The zero-order chi connectivity index (χ0) is 22.7. The SMILES string of the molecule is CC(=O)O.Cc1cc(-c2ccccc2)c2ccc3c(-c4ccccc4)cc(C)nc3c2n1.[CH3-].[Pd].